The number of rotatable bonds is 7. The molecule has 0 unspecified atom stereocenters. The first kappa shape index (κ1) is 18.0. The van der Waals surface area contributed by atoms with Crippen LogP contribution in [0.15, 0.2) is 30.5 Å². The third-order valence-electron chi connectivity index (χ3n) is 3.96. The molecule has 0 fully saturated rings. The van der Waals surface area contributed by atoms with Crippen molar-refractivity contribution in [1.29, 1.82) is 0 Å². The molecule has 4 N–H and O–H groups in total. The van der Waals surface area contributed by atoms with Crippen LogP contribution in [0.4, 0.5) is 0 Å². The van der Waals surface area contributed by atoms with E-state index in [1.54, 1.807) is 0 Å². The van der Waals surface area contributed by atoms with Crippen LogP contribution in [-0.2, 0) is 20.7 Å². The van der Waals surface area contributed by atoms with Crippen molar-refractivity contribution in [1.82, 2.24) is 10.3 Å². The summed E-state index contributed by atoms with van der Waals surface area (Å²) in [6.07, 6.45) is 2.75. The van der Waals surface area contributed by atoms with Crippen LogP contribution >= 0.6 is 0 Å². The predicted octanol–water partition coefficient (Wildman–Crippen LogP) is 1.74. The molecule has 0 aliphatic rings. The summed E-state index contributed by atoms with van der Waals surface area (Å²) < 4.78 is 4.83. The number of nitrogens with one attached hydrogen (secondary N) is 2. The number of fused-ring (bicyclic) bond motifs is 1. The number of H-pyrrole nitrogens is 1. The highest BCUT2D eigenvalue weighted by molar-refractivity contribution is 5.89. The van der Waals surface area contributed by atoms with Gasteiger partial charge in [-0.1, -0.05) is 32.0 Å². The van der Waals surface area contributed by atoms with Crippen LogP contribution < -0.4 is 11.1 Å². The molecular formula is C18H25N3O3. The van der Waals surface area contributed by atoms with Gasteiger partial charge in [-0.05, 0) is 24.0 Å². The van der Waals surface area contributed by atoms with E-state index in [4.69, 9.17) is 10.5 Å². The zero-order valence-electron chi connectivity index (χ0n) is 14.3. The molecule has 6 nitrogen and oxygen atoms in total. The molecule has 0 bridgehead atoms. The Labute approximate surface area is 141 Å². The molecule has 1 heterocycles. The van der Waals surface area contributed by atoms with Crippen molar-refractivity contribution in [2.45, 2.75) is 38.8 Å². The molecule has 130 valence electrons. The van der Waals surface area contributed by atoms with Gasteiger partial charge in [-0.15, -0.1) is 0 Å². The van der Waals surface area contributed by atoms with E-state index >= 15 is 0 Å². The Balaban J connectivity index is 2.14. The van der Waals surface area contributed by atoms with Crippen molar-refractivity contribution < 1.29 is 14.3 Å². The Morgan fingerprint density at radius 3 is 2.67 bits per heavy atom. The first-order chi connectivity index (χ1) is 11.4. The second-order valence-corrected chi connectivity index (χ2v) is 6.38. The lowest BCUT2D eigenvalue weighted by atomic mass is 10.0. The molecule has 0 saturated heterocycles. The van der Waals surface area contributed by atoms with Gasteiger partial charge < -0.3 is 20.8 Å². The monoisotopic (exact) mass is 331 g/mol. The largest absolute Gasteiger partial charge is 0.467 e. The van der Waals surface area contributed by atoms with E-state index in [9.17, 15) is 9.59 Å². The molecule has 2 atom stereocenters. The third kappa shape index (κ3) is 4.35. The number of carbonyl (C=O) groups excluding carboxylic acids is 2. The van der Waals surface area contributed by atoms with Crippen LogP contribution in [0, 0.1) is 5.92 Å². The fourth-order valence-electron chi connectivity index (χ4n) is 2.75. The first-order valence-electron chi connectivity index (χ1n) is 8.11. The maximum atomic E-state index is 12.2. The summed E-state index contributed by atoms with van der Waals surface area (Å²) in [4.78, 5) is 27.5. The number of carbonyl (C=O) groups is 2. The van der Waals surface area contributed by atoms with E-state index in [1.165, 1.54) is 7.11 Å². The molecule has 2 aromatic rings. The Morgan fingerprint density at radius 1 is 1.29 bits per heavy atom. The number of aromatic nitrogens is 1. The number of nitrogens with two attached hydrogens (primary N) is 1. The standard InChI is InChI=1S/C18H25N3O3/c1-11(2)8-14(19)17(22)21-16(18(23)24-3)9-12-10-20-15-7-5-4-6-13(12)15/h4-7,10-11,14,16,20H,8-9,19H2,1-3H3,(H,21,22)/t14-,16+/m0/s1. The average molecular weight is 331 g/mol. The lowest BCUT2D eigenvalue weighted by molar-refractivity contribution is -0.145. The van der Waals surface area contributed by atoms with Crippen molar-refractivity contribution in [2.24, 2.45) is 11.7 Å². The Hall–Kier alpha value is -2.34. The second-order valence-electron chi connectivity index (χ2n) is 6.38. The third-order valence-corrected chi connectivity index (χ3v) is 3.96. The number of hydrogen-bond acceptors (Lipinski definition) is 4. The van der Waals surface area contributed by atoms with E-state index in [0.29, 0.717) is 18.8 Å². The molecule has 2 rings (SSSR count). The summed E-state index contributed by atoms with van der Waals surface area (Å²) >= 11 is 0. The molecule has 1 amide bonds. The summed E-state index contributed by atoms with van der Waals surface area (Å²) in [6, 6.07) is 6.40. The average Bonchev–Trinajstić information content (AvgIpc) is 2.96. The van der Waals surface area contributed by atoms with Crippen molar-refractivity contribution in [3.8, 4) is 0 Å². The number of hydrogen-bond donors (Lipinski definition) is 3. The number of ether oxygens (including phenoxy) is 1. The molecule has 0 spiro atoms. The Morgan fingerprint density at radius 2 is 2.00 bits per heavy atom. The number of esters is 1. The second kappa shape index (κ2) is 7.97. The minimum atomic E-state index is -0.764. The lowest BCUT2D eigenvalue weighted by Gasteiger charge is -2.20. The summed E-state index contributed by atoms with van der Waals surface area (Å²) in [6.45, 7) is 3.99. The number of aromatic amines is 1. The van der Waals surface area contributed by atoms with Crippen molar-refractivity contribution in [3.63, 3.8) is 0 Å². The maximum absolute atomic E-state index is 12.2. The summed E-state index contributed by atoms with van der Waals surface area (Å²) in [7, 11) is 1.31. The summed E-state index contributed by atoms with van der Waals surface area (Å²) in [5, 5.41) is 3.74. The molecular weight excluding hydrogens is 306 g/mol. The predicted molar refractivity (Wildman–Crippen MR) is 93.4 cm³/mol. The summed E-state index contributed by atoms with van der Waals surface area (Å²) in [5.74, 6) is -0.514. The van der Waals surface area contributed by atoms with Crippen LogP contribution in [-0.4, -0.2) is 36.1 Å². The highest BCUT2D eigenvalue weighted by Crippen LogP contribution is 2.19. The van der Waals surface area contributed by atoms with E-state index < -0.39 is 18.1 Å². The highest BCUT2D eigenvalue weighted by Gasteiger charge is 2.26. The zero-order valence-corrected chi connectivity index (χ0v) is 14.3. The minimum Gasteiger partial charge on any atom is -0.467 e. The van der Waals surface area contributed by atoms with Crippen molar-refractivity contribution in [2.75, 3.05) is 7.11 Å². The lowest BCUT2D eigenvalue weighted by Crippen LogP contribution is -2.50. The first-order valence-corrected chi connectivity index (χ1v) is 8.11. The van der Waals surface area contributed by atoms with Gasteiger partial charge in [-0.25, -0.2) is 4.79 Å². The zero-order chi connectivity index (χ0) is 17.7. The molecule has 0 radical (unpaired) electrons. The Kier molecular flexibility index (Phi) is 5.98. The normalized spacial score (nSPS) is 13.7. The molecule has 24 heavy (non-hydrogen) atoms. The quantitative estimate of drug-likeness (QED) is 0.673. The van der Waals surface area contributed by atoms with Crippen LogP contribution in [0.1, 0.15) is 25.8 Å². The van der Waals surface area contributed by atoms with Gasteiger partial charge in [0.1, 0.15) is 6.04 Å². The van der Waals surface area contributed by atoms with Gasteiger partial charge in [0.15, 0.2) is 0 Å². The molecule has 6 heteroatoms. The van der Waals surface area contributed by atoms with Crippen LogP contribution in [0.3, 0.4) is 0 Å². The summed E-state index contributed by atoms with van der Waals surface area (Å²) in [5.41, 5.74) is 7.83. The smallest absolute Gasteiger partial charge is 0.328 e. The molecule has 0 aliphatic carbocycles. The fourth-order valence-corrected chi connectivity index (χ4v) is 2.75. The molecule has 1 aromatic heterocycles. The maximum Gasteiger partial charge on any atom is 0.328 e. The van der Waals surface area contributed by atoms with E-state index in [-0.39, 0.29) is 5.91 Å². The fraction of sp³-hybridized carbons (Fsp3) is 0.444. The number of methoxy groups -OCH3 is 1. The number of benzene rings is 1. The molecule has 0 saturated carbocycles. The van der Waals surface area contributed by atoms with Gasteiger partial charge in [0, 0.05) is 23.5 Å². The van der Waals surface area contributed by atoms with Gasteiger partial charge in [-0.2, -0.15) is 0 Å². The minimum absolute atomic E-state index is 0.302. The van der Waals surface area contributed by atoms with Gasteiger partial charge >= 0.3 is 5.97 Å². The van der Waals surface area contributed by atoms with Gasteiger partial charge in [0.05, 0.1) is 13.2 Å². The van der Waals surface area contributed by atoms with Crippen molar-refractivity contribution >= 4 is 22.8 Å². The van der Waals surface area contributed by atoms with Gasteiger partial charge in [0.2, 0.25) is 5.91 Å². The number of para-hydroxylation sites is 1. The number of amides is 1. The molecule has 1 aromatic carbocycles. The van der Waals surface area contributed by atoms with Crippen molar-refractivity contribution in [3.05, 3.63) is 36.0 Å². The topological polar surface area (TPSA) is 97.2 Å². The van der Waals surface area contributed by atoms with E-state index in [2.05, 4.69) is 10.3 Å². The Bertz CT molecular complexity index is 708. The highest BCUT2D eigenvalue weighted by atomic mass is 16.5. The van der Waals surface area contributed by atoms with Crippen LogP contribution in [0.2, 0.25) is 0 Å². The van der Waals surface area contributed by atoms with Crippen LogP contribution in [0.25, 0.3) is 10.9 Å². The van der Waals surface area contributed by atoms with Gasteiger partial charge in [-0.3, -0.25) is 4.79 Å². The van der Waals surface area contributed by atoms with Gasteiger partial charge in [0.25, 0.3) is 0 Å². The SMILES string of the molecule is COC(=O)[C@@H](Cc1c[nH]c2ccccc12)NC(=O)[C@@H](N)CC(C)C. The molecule has 0 aliphatic heterocycles. The van der Waals surface area contributed by atoms with E-state index in [1.807, 2.05) is 44.3 Å². The van der Waals surface area contributed by atoms with Crippen LogP contribution in [0.5, 0.6) is 0 Å². The van der Waals surface area contributed by atoms with E-state index in [0.717, 1.165) is 16.5 Å².